The Morgan fingerprint density at radius 2 is 2.07 bits per heavy atom. The molecule has 0 bridgehead atoms. The number of rotatable bonds is 8. The van der Waals surface area contributed by atoms with Gasteiger partial charge in [0.2, 0.25) is 0 Å². The highest BCUT2D eigenvalue weighted by Crippen LogP contribution is 2.41. The number of nitrogen functional groups attached to an aromatic ring is 1. The number of thiophene rings is 1. The first-order chi connectivity index (χ1) is 20.3. The maximum atomic E-state index is 13.2. The number of benzene rings is 2. The van der Waals surface area contributed by atoms with Gasteiger partial charge in [-0.15, -0.1) is 11.3 Å². The van der Waals surface area contributed by atoms with Gasteiger partial charge in [-0.25, -0.2) is 4.98 Å². The monoisotopic (exact) mass is 580 g/mol. The average Bonchev–Trinajstić information content (AvgIpc) is 3.73. The highest BCUT2D eigenvalue weighted by atomic mass is 32.1. The largest absolute Gasteiger partial charge is 0.495 e. The van der Waals surface area contributed by atoms with Crippen LogP contribution in [-0.2, 0) is 7.05 Å². The summed E-state index contributed by atoms with van der Waals surface area (Å²) in [4.78, 5) is 22.6. The normalized spacial score (nSPS) is 15.9. The molecule has 1 aliphatic rings. The van der Waals surface area contributed by atoms with Gasteiger partial charge < -0.3 is 25.3 Å². The Morgan fingerprint density at radius 3 is 2.83 bits per heavy atom. The number of carbonyl (C=O) groups is 1. The zero-order valence-electron chi connectivity index (χ0n) is 24.4. The molecule has 0 saturated carbocycles. The standard InChI is InChI=1S/C33H36N6O2S/c1-37(2)24-13-15-39(19-24)14-7-9-23-18-35-32(34)30-25(20-42-31(23)30)21-11-12-26(29(17-21)41-4)36-33(40)28-16-22-8-5-6-10-27(22)38(28)3/h5-12,16-18,20,24H,13-15,19H2,1-4H3,(H2,34,35)(H,36,40)/t24-/m0/s1. The number of para-hydroxylation sites is 1. The van der Waals surface area contributed by atoms with Crippen LogP contribution >= 0.6 is 11.3 Å². The molecule has 3 aromatic heterocycles. The lowest BCUT2D eigenvalue weighted by Crippen LogP contribution is -2.31. The van der Waals surface area contributed by atoms with Crippen LogP contribution in [0, 0.1) is 0 Å². The molecule has 0 spiro atoms. The van der Waals surface area contributed by atoms with Gasteiger partial charge in [0.15, 0.2) is 0 Å². The van der Waals surface area contributed by atoms with Gasteiger partial charge in [-0.3, -0.25) is 9.69 Å². The minimum Gasteiger partial charge on any atom is -0.495 e. The fraction of sp³-hybridized carbons (Fsp3) is 0.273. The summed E-state index contributed by atoms with van der Waals surface area (Å²) in [5.41, 5.74) is 11.6. The number of aryl methyl sites for hydroxylation is 1. The van der Waals surface area contributed by atoms with E-state index < -0.39 is 0 Å². The Balaban J connectivity index is 1.24. The van der Waals surface area contributed by atoms with Gasteiger partial charge in [0, 0.05) is 71.0 Å². The second-order valence-corrected chi connectivity index (χ2v) is 11.9. The molecular formula is C33H36N6O2S. The van der Waals surface area contributed by atoms with Crippen LogP contribution in [0.5, 0.6) is 5.75 Å². The lowest BCUT2D eigenvalue weighted by Gasteiger charge is -2.19. The number of nitrogens with two attached hydrogens (primary N) is 1. The Hall–Kier alpha value is -4.18. The fourth-order valence-corrected chi connectivity index (χ4v) is 6.88. The van der Waals surface area contributed by atoms with Crippen molar-refractivity contribution in [3.63, 3.8) is 0 Å². The van der Waals surface area contributed by atoms with Crippen LogP contribution in [0.2, 0.25) is 0 Å². The van der Waals surface area contributed by atoms with Crippen molar-refractivity contribution in [2.75, 3.05) is 51.9 Å². The van der Waals surface area contributed by atoms with Gasteiger partial charge in [-0.05, 0) is 55.7 Å². The Kier molecular flexibility index (Phi) is 7.72. The maximum Gasteiger partial charge on any atom is 0.272 e. The molecule has 0 radical (unpaired) electrons. The highest BCUT2D eigenvalue weighted by Gasteiger charge is 2.23. The minimum atomic E-state index is -0.197. The molecular weight excluding hydrogens is 544 g/mol. The average molecular weight is 581 g/mol. The molecule has 1 aliphatic heterocycles. The summed E-state index contributed by atoms with van der Waals surface area (Å²) in [6, 6.07) is 16.3. The molecule has 216 valence electrons. The molecule has 0 aliphatic carbocycles. The van der Waals surface area contributed by atoms with Crippen molar-refractivity contribution in [1.82, 2.24) is 19.4 Å². The second kappa shape index (κ2) is 11.6. The van der Waals surface area contributed by atoms with E-state index in [9.17, 15) is 4.79 Å². The van der Waals surface area contributed by atoms with Crippen molar-refractivity contribution < 1.29 is 9.53 Å². The minimum absolute atomic E-state index is 0.197. The molecule has 8 nitrogen and oxygen atoms in total. The topological polar surface area (TPSA) is 88.7 Å². The van der Waals surface area contributed by atoms with Crippen molar-refractivity contribution in [3.8, 4) is 16.9 Å². The van der Waals surface area contributed by atoms with E-state index in [-0.39, 0.29) is 5.91 Å². The number of methoxy groups -OCH3 is 1. The number of pyridine rings is 1. The van der Waals surface area contributed by atoms with E-state index in [0.29, 0.717) is 29.0 Å². The van der Waals surface area contributed by atoms with E-state index in [1.54, 1.807) is 18.4 Å². The third kappa shape index (κ3) is 5.27. The summed E-state index contributed by atoms with van der Waals surface area (Å²) in [6.07, 6.45) is 7.44. The van der Waals surface area contributed by atoms with Crippen LogP contribution in [0.4, 0.5) is 11.5 Å². The number of ether oxygens (including phenoxy) is 1. The van der Waals surface area contributed by atoms with Crippen LogP contribution in [0.15, 0.2) is 66.2 Å². The number of hydrogen-bond acceptors (Lipinski definition) is 7. The molecule has 1 amide bonds. The Bertz CT molecular complexity index is 1800. The fourth-order valence-electron chi connectivity index (χ4n) is 5.80. The Morgan fingerprint density at radius 1 is 1.24 bits per heavy atom. The molecule has 4 heterocycles. The van der Waals surface area contributed by atoms with Gasteiger partial charge in [-0.2, -0.15) is 0 Å². The third-order valence-electron chi connectivity index (χ3n) is 8.24. The maximum absolute atomic E-state index is 13.2. The summed E-state index contributed by atoms with van der Waals surface area (Å²) < 4.78 is 8.72. The first-order valence-electron chi connectivity index (χ1n) is 14.1. The van der Waals surface area contributed by atoms with Crippen LogP contribution in [-0.4, -0.2) is 72.1 Å². The number of nitrogens with zero attached hydrogens (tertiary/aromatic N) is 4. The van der Waals surface area contributed by atoms with Gasteiger partial charge in [0.1, 0.15) is 17.3 Å². The highest BCUT2D eigenvalue weighted by molar-refractivity contribution is 7.18. The van der Waals surface area contributed by atoms with Crippen LogP contribution < -0.4 is 15.8 Å². The van der Waals surface area contributed by atoms with Crippen molar-refractivity contribution in [3.05, 3.63) is 77.4 Å². The Labute approximate surface area is 250 Å². The van der Waals surface area contributed by atoms with Gasteiger partial charge in [0.25, 0.3) is 5.91 Å². The number of hydrogen-bond donors (Lipinski definition) is 2. The lowest BCUT2D eigenvalue weighted by atomic mass is 10.0. The van der Waals surface area contributed by atoms with E-state index in [1.165, 1.54) is 6.42 Å². The number of nitrogens with one attached hydrogen (secondary N) is 1. The zero-order chi connectivity index (χ0) is 29.4. The van der Waals surface area contributed by atoms with Crippen LogP contribution in [0.3, 0.4) is 0 Å². The molecule has 1 saturated heterocycles. The van der Waals surface area contributed by atoms with E-state index in [4.69, 9.17) is 10.5 Å². The van der Waals surface area contributed by atoms with Crippen LogP contribution in [0.25, 0.3) is 38.2 Å². The molecule has 9 heteroatoms. The zero-order valence-corrected chi connectivity index (χ0v) is 25.2. The molecule has 0 unspecified atom stereocenters. The predicted molar refractivity (Wildman–Crippen MR) is 174 cm³/mol. The van der Waals surface area contributed by atoms with Gasteiger partial charge in [-0.1, -0.05) is 36.4 Å². The number of amides is 1. The number of aromatic nitrogens is 2. The van der Waals surface area contributed by atoms with E-state index >= 15 is 0 Å². The third-order valence-corrected chi connectivity index (χ3v) is 9.27. The van der Waals surface area contributed by atoms with Gasteiger partial charge in [0.05, 0.1) is 12.8 Å². The predicted octanol–water partition coefficient (Wildman–Crippen LogP) is 5.95. The number of likely N-dealkylation sites (tertiary alicyclic amines) is 1. The number of likely N-dealkylation sites (N-methyl/N-ethyl adjacent to an activating group) is 1. The second-order valence-electron chi connectivity index (χ2n) is 11.0. The molecule has 6 rings (SSSR count). The summed E-state index contributed by atoms with van der Waals surface area (Å²) in [6.45, 7) is 3.12. The first kappa shape index (κ1) is 28.0. The summed E-state index contributed by atoms with van der Waals surface area (Å²) in [5.74, 6) is 0.874. The smallest absolute Gasteiger partial charge is 0.272 e. The summed E-state index contributed by atoms with van der Waals surface area (Å²) >= 11 is 1.66. The molecule has 42 heavy (non-hydrogen) atoms. The van der Waals surface area contributed by atoms with Crippen molar-refractivity contribution >= 4 is 55.8 Å². The first-order valence-corrected chi connectivity index (χ1v) is 15.0. The summed E-state index contributed by atoms with van der Waals surface area (Å²) in [5, 5.41) is 7.10. The number of carbonyl (C=O) groups excluding carboxylic acids is 1. The van der Waals surface area contributed by atoms with E-state index in [2.05, 4.69) is 51.7 Å². The van der Waals surface area contributed by atoms with Crippen LogP contribution in [0.1, 0.15) is 22.5 Å². The van der Waals surface area contributed by atoms with Gasteiger partial charge >= 0.3 is 0 Å². The summed E-state index contributed by atoms with van der Waals surface area (Å²) in [7, 11) is 7.81. The SMILES string of the molecule is COc1cc(-c2csc3c(C=CCN4CC[C@H](N(C)C)C4)cnc(N)c23)ccc1NC(=O)c1cc2ccccc2n1C. The quantitative estimate of drug-likeness (QED) is 0.236. The van der Waals surface area contributed by atoms with E-state index in [0.717, 1.165) is 57.3 Å². The molecule has 3 N–H and O–H groups in total. The number of fused-ring (bicyclic) bond motifs is 2. The van der Waals surface area contributed by atoms with Crippen molar-refractivity contribution in [1.29, 1.82) is 0 Å². The molecule has 1 atom stereocenters. The van der Waals surface area contributed by atoms with E-state index in [1.807, 2.05) is 66.3 Å². The lowest BCUT2D eigenvalue weighted by molar-refractivity contribution is 0.101. The van der Waals surface area contributed by atoms with Crippen molar-refractivity contribution in [2.24, 2.45) is 7.05 Å². The van der Waals surface area contributed by atoms with Crippen molar-refractivity contribution in [2.45, 2.75) is 12.5 Å². The molecule has 5 aromatic rings. The molecule has 1 fully saturated rings. The number of anilines is 2. The molecule has 2 aromatic carbocycles.